The molecule has 2 heterocycles. The van der Waals surface area contributed by atoms with E-state index in [1.165, 1.54) is 11.0 Å². The summed E-state index contributed by atoms with van der Waals surface area (Å²) in [6, 6.07) is 7.24. The monoisotopic (exact) mass is 370 g/mol. The number of piperidine rings is 1. The molecule has 0 unspecified atom stereocenters. The summed E-state index contributed by atoms with van der Waals surface area (Å²) in [4.78, 5) is 26.9. The molecule has 0 aliphatic carbocycles. The molecule has 8 heteroatoms. The zero-order chi connectivity index (χ0) is 19.2. The number of hydrogen-bond donors (Lipinski definition) is 1. The van der Waals surface area contributed by atoms with Gasteiger partial charge in [-0.2, -0.15) is 0 Å². The highest BCUT2D eigenvalue weighted by atomic mass is 16.2. The van der Waals surface area contributed by atoms with Crippen molar-refractivity contribution in [2.75, 3.05) is 13.1 Å². The minimum absolute atomic E-state index is 0.0944. The molecule has 144 valence electrons. The number of tetrazole rings is 1. The molecule has 0 radical (unpaired) electrons. The smallest absolute Gasteiger partial charge is 0.251 e. The zero-order valence-electron chi connectivity index (χ0n) is 15.8. The summed E-state index contributed by atoms with van der Waals surface area (Å²) >= 11 is 0. The lowest BCUT2D eigenvalue weighted by atomic mass is 9.98. The fourth-order valence-corrected chi connectivity index (χ4v) is 3.45. The maximum absolute atomic E-state index is 12.5. The van der Waals surface area contributed by atoms with Crippen LogP contribution in [0.5, 0.6) is 0 Å². The van der Waals surface area contributed by atoms with Crippen LogP contribution in [0.1, 0.15) is 49.9 Å². The molecule has 1 saturated heterocycles. The first kappa shape index (κ1) is 19.0. The van der Waals surface area contributed by atoms with Gasteiger partial charge in [-0.15, -0.1) is 5.10 Å². The van der Waals surface area contributed by atoms with Crippen LogP contribution in [0.3, 0.4) is 0 Å². The summed E-state index contributed by atoms with van der Waals surface area (Å²) in [5.74, 6) is 0.279. The standard InChI is InChI=1S/C19H26N6O2/c1-3-14(4-2)19(27)24-11-9-16(10-12-24)21-18(26)15-5-7-17(8-6-15)25-13-20-22-23-25/h5-8,13-14,16H,3-4,9-12H2,1-2H3,(H,21,26). The van der Waals surface area contributed by atoms with Crippen LogP contribution >= 0.6 is 0 Å². The van der Waals surface area contributed by atoms with Crippen molar-refractivity contribution in [2.24, 2.45) is 5.92 Å². The topological polar surface area (TPSA) is 93.0 Å². The molecule has 2 aromatic rings. The van der Waals surface area contributed by atoms with Gasteiger partial charge in [0, 0.05) is 30.6 Å². The third kappa shape index (κ3) is 4.50. The van der Waals surface area contributed by atoms with E-state index in [1.807, 2.05) is 17.0 Å². The van der Waals surface area contributed by atoms with Crippen molar-refractivity contribution >= 4 is 11.8 Å². The zero-order valence-corrected chi connectivity index (χ0v) is 15.8. The molecule has 3 rings (SSSR count). The summed E-state index contributed by atoms with van der Waals surface area (Å²) in [6.45, 7) is 5.53. The van der Waals surface area contributed by atoms with Crippen LogP contribution in [0.25, 0.3) is 5.69 Å². The molecule has 1 aliphatic heterocycles. The molecule has 0 atom stereocenters. The first-order chi connectivity index (χ1) is 13.1. The normalized spacial score (nSPS) is 15.1. The number of nitrogens with one attached hydrogen (secondary N) is 1. The van der Waals surface area contributed by atoms with E-state index in [0.29, 0.717) is 18.7 Å². The molecule has 8 nitrogen and oxygen atoms in total. The fourth-order valence-electron chi connectivity index (χ4n) is 3.45. The third-order valence-electron chi connectivity index (χ3n) is 5.22. The van der Waals surface area contributed by atoms with Crippen molar-refractivity contribution in [3.05, 3.63) is 36.2 Å². The van der Waals surface area contributed by atoms with Gasteiger partial charge in [-0.1, -0.05) is 13.8 Å². The highest BCUT2D eigenvalue weighted by Crippen LogP contribution is 2.18. The van der Waals surface area contributed by atoms with Crippen molar-refractivity contribution in [1.29, 1.82) is 0 Å². The second-order valence-corrected chi connectivity index (χ2v) is 6.89. The Bertz CT molecular complexity index is 747. The van der Waals surface area contributed by atoms with Crippen molar-refractivity contribution in [2.45, 2.75) is 45.6 Å². The van der Waals surface area contributed by atoms with Gasteiger partial charge < -0.3 is 10.2 Å². The minimum atomic E-state index is -0.0944. The lowest BCUT2D eigenvalue weighted by Crippen LogP contribution is -2.48. The number of carbonyl (C=O) groups excluding carboxylic acids is 2. The first-order valence-corrected chi connectivity index (χ1v) is 9.55. The Morgan fingerprint density at radius 3 is 2.37 bits per heavy atom. The van der Waals surface area contributed by atoms with Crippen molar-refractivity contribution in [3.8, 4) is 5.69 Å². The van der Waals surface area contributed by atoms with E-state index in [0.717, 1.165) is 31.4 Å². The first-order valence-electron chi connectivity index (χ1n) is 9.55. The van der Waals surface area contributed by atoms with Gasteiger partial charge in [0.25, 0.3) is 5.91 Å². The second kappa shape index (κ2) is 8.75. The number of aromatic nitrogens is 4. The molecular weight excluding hydrogens is 344 g/mol. The fraction of sp³-hybridized carbons (Fsp3) is 0.526. The van der Waals surface area contributed by atoms with Crippen LogP contribution in [0.2, 0.25) is 0 Å². The van der Waals surface area contributed by atoms with E-state index < -0.39 is 0 Å². The number of hydrogen-bond acceptors (Lipinski definition) is 5. The van der Waals surface area contributed by atoms with Crippen LogP contribution < -0.4 is 5.32 Å². The number of benzene rings is 1. The third-order valence-corrected chi connectivity index (χ3v) is 5.22. The van der Waals surface area contributed by atoms with E-state index in [1.54, 1.807) is 12.1 Å². The van der Waals surface area contributed by atoms with Crippen molar-refractivity contribution in [3.63, 3.8) is 0 Å². The summed E-state index contributed by atoms with van der Waals surface area (Å²) in [5.41, 5.74) is 1.40. The Labute approximate surface area is 158 Å². The maximum Gasteiger partial charge on any atom is 0.251 e. The molecule has 27 heavy (non-hydrogen) atoms. The predicted octanol–water partition coefficient (Wildman–Crippen LogP) is 1.82. The molecule has 0 bridgehead atoms. The van der Waals surface area contributed by atoms with Crippen molar-refractivity contribution in [1.82, 2.24) is 30.4 Å². The van der Waals surface area contributed by atoms with Gasteiger partial charge in [0.2, 0.25) is 5.91 Å². The molecular formula is C19H26N6O2. The minimum Gasteiger partial charge on any atom is -0.349 e. The summed E-state index contributed by atoms with van der Waals surface area (Å²) in [5, 5.41) is 14.1. The molecule has 1 fully saturated rings. The van der Waals surface area contributed by atoms with Gasteiger partial charge in [0.1, 0.15) is 6.33 Å². The molecule has 1 aromatic heterocycles. The van der Waals surface area contributed by atoms with Crippen LogP contribution in [0, 0.1) is 5.92 Å². The van der Waals surface area contributed by atoms with E-state index in [2.05, 4.69) is 34.7 Å². The second-order valence-electron chi connectivity index (χ2n) is 6.89. The highest BCUT2D eigenvalue weighted by molar-refractivity contribution is 5.94. The lowest BCUT2D eigenvalue weighted by Gasteiger charge is -2.34. The SMILES string of the molecule is CCC(CC)C(=O)N1CCC(NC(=O)c2ccc(-n3cnnn3)cc2)CC1. The Morgan fingerprint density at radius 2 is 1.81 bits per heavy atom. The molecule has 1 aromatic carbocycles. The van der Waals surface area contributed by atoms with E-state index in [4.69, 9.17) is 0 Å². The van der Waals surface area contributed by atoms with Gasteiger partial charge in [-0.25, -0.2) is 4.68 Å². The summed E-state index contributed by atoms with van der Waals surface area (Å²) in [6.07, 6.45) is 4.85. The Morgan fingerprint density at radius 1 is 1.15 bits per heavy atom. The van der Waals surface area contributed by atoms with E-state index in [-0.39, 0.29) is 23.8 Å². The van der Waals surface area contributed by atoms with Crippen LogP contribution in [0.4, 0.5) is 0 Å². The number of nitrogens with zero attached hydrogens (tertiary/aromatic N) is 5. The molecule has 2 amide bonds. The molecule has 1 aliphatic rings. The van der Waals surface area contributed by atoms with Gasteiger partial charge >= 0.3 is 0 Å². The van der Waals surface area contributed by atoms with Crippen molar-refractivity contribution < 1.29 is 9.59 Å². The van der Waals surface area contributed by atoms with E-state index in [9.17, 15) is 9.59 Å². The average molecular weight is 370 g/mol. The van der Waals surface area contributed by atoms with Gasteiger partial charge in [0.05, 0.1) is 5.69 Å². The molecule has 1 N–H and O–H groups in total. The van der Waals surface area contributed by atoms with Crippen LogP contribution in [-0.4, -0.2) is 56.1 Å². The largest absolute Gasteiger partial charge is 0.349 e. The van der Waals surface area contributed by atoms with Gasteiger partial charge in [0.15, 0.2) is 0 Å². The number of likely N-dealkylation sites (tertiary alicyclic amines) is 1. The van der Waals surface area contributed by atoms with Gasteiger partial charge in [-0.3, -0.25) is 9.59 Å². The summed E-state index contributed by atoms with van der Waals surface area (Å²) < 4.78 is 1.54. The van der Waals surface area contributed by atoms with E-state index >= 15 is 0 Å². The Hall–Kier alpha value is -2.77. The number of amides is 2. The maximum atomic E-state index is 12.5. The number of carbonyl (C=O) groups is 2. The Balaban J connectivity index is 1.51. The lowest BCUT2D eigenvalue weighted by molar-refractivity contribution is -0.136. The van der Waals surface area contributed by atoms with Gasteiger partial charge in [-0.05, 0) is 60.4 Å². The summed E-state index contributed by atoms with van der Waals surface area (Å²) in [7, 11) is 0. The van der Waals surface area contributed by atoms with Crippen LogP contribution in [-0.2, 0) is 4.79 Å². The molecule has 0 spiro atoms. The number of rotatable bonds is 6. The van der Waals surface area contributed by atoms with Crippen LogP contribution in [0.15, 0.2) is 30.6 Å². The quantitative estimate of drug-likeness (QED) is 0.837. The average Bonchev–Trinajstić information content (AvgIpc) is 3.24. The molecule has 0 saturated carbocycles. The highest BCUT2D eigenvalue weighted by Gasteiger charge is 2.27. The Kier molecular flexibility index (Phi) is 6.16. The predicted molar refractivity (Wildman–Crippen MR) is 100 cm³/mol.